The van der Waals surface area contributed by atoms with Gasteiger partial charge in [-0.1, -0.05) is 23.2 Å². The number of rotatable bonds is 4. The summed E-state index contributed by atoms with van der Waals surface area (Å²) in [6.45, 7) is 4.86. The maximum atomic E-state index is 13.0. The highest BCUT2D eigenvalue weighted by Crippen LogP contribution is 2.32. The van der Waals surface area contributed by atoms with Gasteiger partial charge in [-0.25, -0.2) is 13.4 Å². The van der Waals surface area contributed by atoms with Gasteiger partial charge in [-0.15, -0.1) is 0 Å². The molecule has 7 nitrogen and oxygen atoms in total. The molecule has 3 heterocycles. The van der Waals surface area contributed by atoms with E-state index in [1.54, 1.807) is 19.9 Å². The van der Waals surface area contributed by atoms with Crippen LogP contribution in [0.4, 0.5) is 11.5 Å². The minimum atomic E-state index is -3.50. The summed E-state index contributed by atoms with van der Waals surface area (Å²) in [6.07, 6.45) is 0.503. The molecule has 2 aliphatic rings. The molecule has 1 aromatic carbocycles. The highest BCUT2D eigenvalue weighted by Gasteiger charge is 2.37. The molecule has 0 saturated carbocycles. The second-order valence-electron chi connectivity index (χ2n) is 7.61. The number of amides is 1. The SMILES string of the molecule is Cc1nc(N2CCC(C)S2(=O)=O)cc(C(=O)Nc2cc(Cl)cc(C3COC3)c2)c1Cl. The number of nitrogens with zero attached hydrogens (tertiary/aromatic N) is 2. The summed E-state index contributed by atoms with van der Waals surface area (Å²) < 4.78 is 31.6. The fourth-order valence-electron chi connectivity index (χ4n) is 3.52. The molecular weight excluding hydrogens is 449 g/mol. The number of aryl methyl sites for hydroxylation is 1. The lowest BCUT2D eigenvalue weighted by molar-refractivity contribution is 0.00845. The van der Waals surface area contributed by atoms with Crippen LogP contribution < -0.4 is 9.62 Å². The number of pyridine rings is 1. The number of aromatic nitrogens is 1. The standard InChI is InChI=1S/C20H21Cl2N3O4S/c1-11-3-4-25(30(11,27)28)18-8-17(19(22)12(2)23-18)20(26)24-16-6-13(5-15(21)7-16)14-9-29-10-14/h5-8,11,14H,3-4,9-10H2,1-2H3,(H,24,26). The van der Waals surface area contributed by atoms with E-state index in [4.69, 9.17) is 27.9 Å². The summed E-state index contributed by atoms with van der Waals surface area (Å²) >= 11 is 12.6. The molecule has 160 valence electrons. The van der Waals surface area contributed by atoms with Gasteiger partial charge in [0.05, 0.1) is 34.7 Å². The van der Waals surface area contributed by atoms with E-state index in [9.17, 15) is 13.2 Å². The third-order valence-electron chi connectivity index (χ3n) is 5.45. The van der Waals surface area contributed by atoms with Gasteiger partial charge in [0, 0.05) is 23.2 Å². The zero-order valence-corrected chi connectivity index (χ0v) is 18.8. The normalized spacial score (nSPS) is 20.8. The van der Waals surface area contributed by atoms with Crippen molar-refractivity contribution in [3.63, 3.8) is 0 Å². The first kappa shape index (κ1) is 21.4. The second kappa shape index (κ2) is 8.00. The number of hydrogen-bond donors (Lipinski definition) is 1. The summed E-state index contributed by atoms with van der Waals surface area (Å²) in [5.74, 6) is -0.0145. The van der Waals surface area contributed by atoms with Crippen LogP contribution in [-0.4, -0.2) is 44.3 Å². The molecule has 2 fully saturated rings. The van der Waals surface area contributed by atoms with Crippen molar-refractivity contribution in [2.75, 3.05) is 29.4 Å². The molecule has 2 aromatic rings. The van der Waals surface area contributed by atoms with E-state index in [1.807, 2.05) is 12.1 Å². The van der Waals surface area contributed by atoms with Gasteiger partial charge in [-0.2, -0.15) is 0 Å². The summed E-state index contributed by atoms with van der Waals surface area (Å²) in [6, 6.07) is 6.78. The maximum Gasteiger partial charge on any atom is 0.257 e. The molecule has 10 heteroatoms. The smallest absolute Gasteiger partial charge is 0.257 e. The van der Waals surface area contributed by atoms with Crippen LogP contribution >= 0.6 is 23.2 Å². The Hall–Kier alpha value is -1.87. The van der Waals surface area contributed by atoms with Crippen LogP contribution in [0.5, 0.6) is 0 Å². The fourth-order valence-corrected chi connectivity index (χ4v) is 5.50. The molecule has 0 bridgehead atoms. The van der Waals surface area contributed by atoms with Gasteiger partial charge in [0.25, 0.3) is 5.91 Å². The minimum absolute atomic E-state index is 0.155. The molecule has 1 atom stereocenters. The molecule has 2 aliphatic heterocycles. The first-order valence-electron chi connectivity index (χ1n) is 9.55. The number of sulfonamides is 1. The maximum absolute atomic E-state index is 13.0. The third kappa shape index (κ3) is 3.89. The van der Waals surface area contributed by atoms with Crippen molar-refractivity contribution in [2.24, 2.45) is 0 Å². The lowest BCUT2D eigenvalue weighted by Crippen LogP contribution is -2.29. The number of carbonyl (C=O) groups is 1. The van der Waals surface area contributed by atoms with Crippen molar-refractivity contribution >= 4 is 50.6 Å². The van der Waals surface area contributed by atoms with Gasteiger partial charge in [-0.3, -0.25) is 9.10 Å². The summed E-state index contributed by atoms with van der Waals surface area (Å²) in [5.41, 5.74) is 2.05. The molecule has 0 radical (unpaired) electrons. The van der Waals surface area contributed by atoms with E-state index in [2.05, 4.69) is 10.3 Å². The number of nitrogens with one attached hydrogen (secondary N) is 1. The number of ether oxygens (including phenoxy) is 1. The Morgan fingerprint density at radius 1 is 1.23 bits per heavy atom. The first-order chi connectivity index (χ1) is 14.2. The van der Waals surface area contributed by atoms with Crippen molar-refractivity contribution in [3.05, 3.63) is 51.1 Å². The average molecular weight is 470 g/mol. The van der Waals surface area contributed by atoms with Crippen molar-refractivity contribution < 1.29 is 17.9 Å². The van der Waals surface area contributed by atoms with E-state index in [-0.39, 0.29) is 22.3 Å². The Morgan fingerprint density at radius 2 is 1.97 bits per heavy atom. The second-order valence-corrected chi connectivity index (χ2v) is 10.7. The zero-order chi connectivity index (χ0) is 21.6. The highest BCUT2D eigenvalue weighted by molar-refractivity contribution is 7.93. The zero-order valence-electron chi connectivity index (χ0n) is 16.5. The van der Waals surface area contributed by atoms with Crippen LogP contribution in [0.15, 0.2) is 24.3 Å². The summed E-state index contributed by atoms with van der Waals surface area (Å²) in [5, 5.41) is 3.00. The molecule has 0 spiro atoms. The molecule has 2 saturated heterocycles. The molecule has 4 rings (SSSR count). The number of benzene rings is 1. The average Bonchev–Trinajstić information content (AvgIpc) is 2.88. The Labute approximate surface area is 185 Å². The number of anilines is 2. The van der Waals surface area contributed by atoms with Crippen LogP contribution in [0.2, 0.25) is 10.0 Å². The number of halogens is 2. The lowest BCUT2D eigenvalue weighted by Gasteiger charge is -2.27. The van der Waals surface area contributed by atoms with Gasteiger partial charge in [0.1, 0.15) is 5.82 Å². The monoisotopic (exact) mass is 469 g/mol. The highest BCUT2D eigenvalue weighted by atomic mass is 35.5. The van der Waals surface area contributed by atoms with Crippen LogP contribution in [0, 0.1) is 6.92 Å². The summed E-state index contributed by atoms with van der Waals surface area (Å²) in [7, 11) is -3.50. The lowest BCUT2D eigenvalue weighted by atomic mass is 9.97. The Kier molecular flexibility index (Phi) is 5.69. The fraction of sp³-hybridized carbons (Fsp3) is 0.400. The van der Waals surface area contributed by atoms with E-state index in [1.165, 1.54) is 10.4 Å². The number of hydrogen-bond acceptors (Lipinski definition) is 5. The van der Waals surface area contributed by atoms with Crippen LogP contribution in [0.1, 0.15) is 40.9 Å². The van der Waals surface area contributed by atoms with Crippen LogP contribution in [0.3, 0.4) is 0 Å². The van der Waals surface area contributed by atoms with E-state index >= 15 is 0 Å². The third-order valence-corrected chi connectivity index (χ3v) is 8.38. The molecule has 1 N–H and O–H groups in total. The van der Waals surface area contributed by atoms with E-state index in [0.717, 1.165) is 5.56 Å². The van der Waals surface area contributed by atoms with Crippen molar-refractivity contribution in [2.45, 2.75) is 31.4 Å². The Morgan fingerprint density at radius 3 is 2.57 bits per heavy atom. The first-order valence-corrected chi connectivity index (χ1v) is 11.8. The van der Waals surface area contributed by atoms with Gasteiger partial charge >= 0.3 is 0 Å². The molecule has 30 heavy (non-hydrogen) atoms. The molecule has 1 amide bonds. The van der Waals surface area contributed by atoms with Crippen molar-refractivity contribution in [1.29, 1.82) is 0 Å². The van der Waals surface area contributed by atoms with Crippen LogP contribution in [0.25, 0.3) is 0 Å². The van der Waals surface area contributed by atoms with Gasteiger partial charge in [-0.05, 0) is 50.1 Å². The van der Waals surface area contributed by atoms with Gasteiger partial charge < -0.3 is 10.1 Å². The molecule has 0 aliphatic carbocycles. The molecular formula is C20H21Cl2N3O4S. The molecule has 1 aromatic heterocycles. The Bertz CT molecular complexity index is 1120. The van der Waals surface area contributed by atoms with E-state index < -0.39 is 21.2 Å². The summed E-state index contributed by atoms with van der Waals surface area (Å²) in [4.78, 5) is 17.3. The van der Waals surface area contributed by atoms with Crippen LogP contribution in [-0.2, 0) is 14.8 Å². The largest absolute Gasteiger partial charge is 0.380 e. The predicted octanol–water partition coefficient (Wildman–Crippen LogP) is 3.99. The van der Waals surface area contributed by atoms with Crippen molar-refractivity contribution in [3.8, 4) is 0 Å². The Balaban J connectivity index is 1.65. The molecule has 1 unspecified atom stereocenters. The number of carbonyl (C=O) groups excluding carboxylic acids is 1. The topological polar surface area (TPSA) is 88.6 Å². The van der Waals surface area contributed by atoms with E-state index in [0.29, 0.717) is 42.6 Å². The predicted molar refractivity (Wildman–Crippen MR) is 117 cm³/mol. The quantitative estimate of drug-likeness (QED) is 0.730. The van der Waals surface area contributed by atoms with Gasteiger partial charge in [0.15, 0.2) is 0 Å². The minimum Gasteiger partial charge on any atom is -0.380 e. The van der Waals surface area contributed by atoms with Crippen molar-refractivity contribution in [1.82, 2.24) is 4.98 Å². The van der Waals surface area contributed by atoms with Gasteiger partial charge in [0.2, 0.25) is 10.0 Å².